The molecular formula is C9H12O2S. The van der Waals surface area contributed by atoms with Gasteiger partial charge in [0.25, 0.3) is 0 Å². The van der Waals surface area contributed by atoms with E-state index in [1.807, 2.05) is 6.07 Å². The number of hydrogen-bond donors (Lipinski definition) is 0. The molecule has 1 aliphatic rings. The molecule has 0 radical (unpaired) electrons. The van der Waals surface area contributed by atoms with Crippen LogP contribution in [0.3, 0.4) is 0 Å². The van der Waals surface area contributed by atoms with Gasteiger partial charge in [-0.3, -0.25) is 0 Å². The van der Waals surface area contributed by atoms with Crippen molar-refractivity contribution in [3.63, 3.8) is 0 Å². The Morgan fingerprint density at radius 1 is 1.67 bits per heavy atom. The third kappa shape index (κ3) is 2.06. The largest absolute Gasteiger partial charge is 0.353 e. The maximum absolute atomic E-state index is 5.54. The van der Waals surface area contributed by atoms with Gasteiger partial charge in [0.05, 0.1) is 6.61 Å². The highest BCUT2D eigenvalue weighted by atomic mass is 32.1. The minimum Gasteiger partial charge on any atom is -0.353 e. The van der Waals surface area contributed by atoms with Crippen LogP contribution in [0.15, 0.2) is 17.5 Å². The molecule has 1 atom stereocenters. The first-order valence-electron chi connectivity index (χ1n) is 4.21. The molecule has 0 saturated carbocycles. The van der Waals surface area contributed by atoms with Crippen LogP contribution >= 0.6 is 11.3 Å². The van der Waals surface area contributed by atoms with Gasteiger partial charge in [0.2, 0.25) is 0 Å². The summed E-state index contributed by atoms with van der Waals surface area (Å²) >= 11 is 1.73. The van der Waals surface area contributed by atoms with Crippen molar-refractivity contribution in [1.29, 1.82) is 0 Å². The first-order chi connectivity index (χ1) is 5.95. The van der Waals surface area contributed by atoms with Gasteiger partial charge in [0.1, 0.15) is 0 Å². The Balaban J connectivity index is 1.74. The lowest BCUT2D eigenvalue weighted by Crippen LogP contribution is -2.09. The second-order valence-electron chi connectivity index (χ2n) is 2.83. The van der Waals surface area contributed by atoms with Crippen LogP contribution in [0, 0.1) is 0 Å². The predicted molar refractivity (Wildman–Crippen MR) is 48.1 cm³/mol. The van der Waals surface area contributed by atoms with Gasteiger partial charge in [-0.05, 0) is 17.9 Å². The summed E-state index contributed by atoms with van der Waals surface area (Å²) in [6.07, 6.45) is 2.23. The number of hydrogen-bond acceptors (Lipinski definition) is 3. The molecule has 3 heteroatoms. The molecule has 0 spiro atoms. The number of ether oxygens (including phenoxy) is 2. The highest BCUT2D eigenvalue weighted by Crippen LogP contribution is 2.17. The molecule has 1 aliphatic heterocycles. The number of rotatable bonds is 3. The summed E-state index contributed by atoms with van der Waals surface area (Å²) in [5, 5.41) is 2.06. The van der Waals surface area contributed by atoms with Crippen molar-refractivity contribution >= 4 is 11.3 Å². The van der Waals surface area contributed by atoms with Crippen molar-refractivity contribution in [3.8, 4) is 0 Å². The minimum atomic E-state index is 0.0482. The van der Waals surface area contributed by atoms with Crippen LogP contribution in [-0.2, 0) is 16.1 Å². The van der Waals surface area contributed by atoms with Crippen LogP contribution in [0.5, 0.6) is 0 Å². The van der Waals surface area contributed by atoms with Crippen molar-refractivity contribution in [1.82, 2.24) is 0 Å². The first-order valence-corrected chi connectivity index (χ1v) is 5.09. The van der Waals surface area contributed by atoms with Crippen molar-refractivity contribution < 1.29 is 9.47 Å². The van der Waals surface area contributed by atoms with E-state index >= 15 is 0 Å². The summed E-state index contributed by atoms with van der Waals surface area (Å²) in [4.78, 5) is 1.27. The summed E-state index contributed by atoms with van der Waals surface area (Å²) in [6.45, 7) is 1.55. The topological polar surface area (TPSA) is 18.5 Å². The maximum Gasteiger partial charge on any atom is 0.158 e. The smallest absolute Gasteiger partial charge is 0.158 e. The van der Waals surface area contributed by atoms with E-state index in [9.17, 15) is 0 Å². The molecule has 0 bridgehead atoms. The zero-order valence-electron chi connectivity index (χ0n) is 6.86. The Morgan fingerprint density at radius 3 is 3.33 bits per heavy atom. The summed E-state index contributed by atoms with van der Waals surface area (Å²) < 4.78 is 10.9. The molecule has 0 aromatic carbocycles. The molecule has 0 aliphatic carbocycles. The molecule has 66 valence electrons. The zero-order valence-corrected chi connectivity index (χ0v) is 7.68. The molecule has 2 heterocycles. The molecule has 0 amide bonds. The molecule has 1 aromatic heterocycles. The van der Waals surface area contributed by atoms with Crippen molar-refractivity contribution in [2.45, 2.75) is 25.7 Å². The van der Waals surface area contributed by atoms with E-state index in [1.165, 1.54) is 4.88 Å². The van der Waals surface area contributed by atoms with Crippen molar-refractivity contribution in [3.05, 3.63) is 22.4 Å². The summed E-state index contributed by atoms with van der Waals surface area (Å²) in [6, 6.07) is 4.12. The van der Waals surface area contributed by atoms with Crippen molar-refractivity contribution in [2.75, 3.05) is 6.61 Å². The summed E-state index contributed by atoms with van der Waals surface area (Å²) in [7, 11) is 0. The molecule has 1 aromatic rings. The van der Waals surface area contributed by atoms with Crippen LogP contribution in [0.4, 0.5) is 0 Å². The third-order valence-electron chi connectivity index (χ3n) is 1.88. The van der Waals surface area contributed by atoms with Crippen LogP contribution in [0.2, 0.25) is 0 Å². The Hall–Kier alpha value is -0.380. The minimum absolute atomic E-state index is 0.0482. The fourth-order valence-electron chi connectivity index (χ4n) is 1.25. The van der Waals surface area contributed by atoms with Gasteiger partial charge in [0, 0.05) is 17.9 Å². The lowest BCUT2D eigenvalue weighted by molar-refractivity contribution is -0.118. The van der Waals surface area contributed by atoms with E-state index in [4.69, 9.17) is 9.47 Å². The second kappa shape index (κ2) is 4.03. The molecule has 0 N–H and O–H groups in total. The quantitative estimate of drug-likeness (QED) is 0.718. The van der Waals surface area contributed by atoms with E-state index in [2.05, 4.69) is 11.4 Å². The molecular weight excluding hydrogens is 172 g/mol. The Labute approximate surface area is 76.1 Å². The average molecular weight is 184 g/mol. The monoisotopic (exact) mass is 184 g/mol. The maximum atomic E-state index is 5.54. The van der Waals surface area contributed by atoms with Gasteiger partial charge in [-0.2, -0.15) is 0 Å². The zero-order chi connectivity index (χ0) is 8.23. The van der Waals surface area contributed by atoms with Gasteiger partial charge in [-0.1, -0.05) is 6.07 Å². The Bertz CT molecular complexity index is 214. The first kappa shape index (κ1) is 8.23. The molecule has 1 saturated heterocycles. The van der Waals surface area contributed by atoms with Crippen molar-refractivity contribution in [2.24, 2.45) is 0 Å². The number of thiophene rings is 1. The Kier molecular flexibility index (Phi) is 2.76. The van der Waals surface area contributed by atoms with Crippen LogP contribution in [0.25, 0.3) is 0 Å². The second-order valence-corrected chi connectivity index (χ2v) is 3.87. The fourth-order valence-corrected chi connectivity index (χ4v) is 1.87. The summed E-state index contributed by atoms with van der Waals surface area (Å²) in [5.74, 6) is 0. The van der Waals surface area contributed by atoms with E-state index in [-0.39, 0.29) is 6.29 Å². The van der Waals surface area contributed by atoms with Gasteiger partial charge in [0.15, 0.2) is 6.29 Å². The highest BCUT2D eigenvalue weighted by Gasteiger charge is 2.15. The van der Waals surface area contributed by atoms with Gasteiger partial charge in [-0.15, -0.1) is 11.3 Å². The fraction of sp³-hybridized carbons (Fsp3) is 0.556. The highest BCUT2D eigenvalue weighted by molar-refractivity contribution is 7.09. The molecule has 1 fully saturated rings. The van der Waals surface area contributed by atoms with Crippen LogP contribution in [0.1, 0.15) is 17.7 Å². The van der Waals surface area contributed by atoms with E-state index < -0.39 is 0 Å². The van der Waals surface area contributed by atoms with Gasteiger partial charge >= 0.3 is 0 Å². The van der Waals surface area contributed by atoms with Gasteiger partial charge in [-0.25, -0.2) is 0 Å². The van der Waals surface area contributed by atoms with E-state index in [1.54, 1.807) is 11.3 Å². The lowest BCUT2D eigenvalue weighted by atomic mass is 10.4. The Morgan fingerprint density at radius 2 is 2.67 bits per heavy atom. The molecule has 2 nitrogen and oxygen atoms in total. The van der Waals surface area contributed by atoms with E-state index in [0.717, 1.165) is 19.4 Å². The van der Waals surface area contributed by atoms with Gasteiger partial charge < -0.3 is 9.47 Å². The van der Waals surface area contributed by atoms with E-state index in [0.29, 0.717) is 6.61 Å². The third-order valence-corrected chi connectivity index (χ3v) is 2.73. The standard InChI is InChI=1S/C9H12O2S/c1-4-9(10-5-1)11-7-8-3-2-6-12-8/h2-3,6,9H,1,4-5,7H2. The van der Waals surface area contributed by atoms with Crippen LogP contribution < -0.4 is 0 Å². The molecule has 1 unspecified atom stereocenters. The predicted octanol–water partition coefficient (Wildman–Crippen LogP) is 2.40. The normalized spacial score (nSPS) is 23.2. The summed E-state index contributed by atoms with van der Waals surface area (Å²) in [5.41, 5.74) is 0. The molecule has 2 rings (SSSR count). The average Bonchev–Trinajstić information content (AvgIpc) is 2.74. The van der Waals surface area contributed by atoms with Crippen LogP contribution in [-0.4, -0.2) is 12.9 Å². The SMILES string of the molecule is c1csc(COC2CCCO2)c1. The molecule has 12 heavy (non-hydrogen) atoms. The lowest BCUT2D eigenvalue weighted by Gasteiger charge is -2.08.